The number of aryl methyl sites for hydroxylation is 2. The van der Waals surface area contributed by atoms with Crippen LogP contribution in [-0.2, 0) is 5.88 Å². The highest BCUT2D eigenvalue weighted by Crippen LogP contribution is 2.16. The van der Waals surface area contributed by atoms with Gasteiger partial charge in [-0.2, -0.15) is 0 Å². The van der Waals surface area contributed by atoms with E-state index in [1.54, 1.807) is 6.07 Å². The number of rotatable bonds is 3. The molecule has 0 aliphatic heterocycles. The monoisotopic (exact) mass is 273 g/mol. The maximum Gasteiger partial charge on any atom is 0.255 e. The summed E-state index contributed by atoms with van der Waals surface area (Å²) in [6.45, 7) is 4.07. The summed E-state index contributed by atoms with van der Waals surface area (Å²) in [7, 11) is 0. The number of benzene rings is 2. The lowest BCUT2D eigenvalue weighted by Crippen LogP contribution is -2.12. The molecular formula is C16H16ClNO. The van der Waals surface area contributed by atoms with Gasteiger partial charge in [-0.1, -0.05) is 18.2 Å². The van der Waals surface area contributed by atoms with E-state index in [-0.39, 0.29) is 5.91 Å². The van der Waals surface area contributed by atoms with Crippen molar-refractivity contribution in [1.29, 1.82) is 0 Å². The van der Waals surface area contributed by atoms with Gasteiger partial charge in [-0.25, -0.2) is 0 Å². The van der Waals surface area contributed by atoms with Crippen molar-refractivity contribution in [3.63, 3.8) is 0 Å². The summed E-state index contributed by atoms with van der Waals surface area (Å²) in [6.07, 6.45) is 0. The van der Waals surface area contributed by atoms with Crippen molar-refractivity contribution >= 4 is 23.2 Å². The first-order valence-corrected chi connectivity index (χ1v) is 6.67. The van der Waals surface area contributed by atoms with Crippen molar-refractivity contribution in [2.24, 2.45) is 0 Å². The number of carbonyl (C=O) groups excluding carboxylic acids is 1. The predicted molar refractivity (Wildman–Crippen MR) is 79.9 cm³/mol. The Morgan fingerprint density at radius 1 is 1.11 bits per heavy atom. The number of amides is 1. The average Bonchev–Trinajstić information content (AvgIpc) is 2.43. The molecule has 1 N–H and O–H groups in total. The van der Waals surface area contributed by atoms with Gasteiger partial charge < -0.3 is 5.32 Å². The molecule has 0 aliphatic carbocycles. The third-order valence-corrected chi connectivity index (χ3v) is 3.42. The minimum atomic E-state index is -0.116. The molecular weight excluding hydrogens is 258 g/mol. The van der Waals surface area contributed by atoms with Crippen LogP contribution in [0.2, 0.25) is 0 Å². The first kappa shape index (κ1) is 13.6. The molecule has 0 saturated heterocycles. The topological polar surface area (TPSA) is 29.1 Å². The minimum Gasteiger partial charge on any atom is -0.322 e. The van der Waals surface area contributed by atoms with Gasteiger partial charge in [0.05, 0.1) is 0 Å². The smallest absolute Gasteiger partial charge is 0.255 e. The van der Waals surface area contributed by atoms with Crippen LogP contribution in [0.3, 0.4) is 0 Å². The maximum atomic E-state index is 12.1. The van der Waals surface area contributed by atoms with Crippen LogP contribution in [0.25, 0.3) is 0 Å². The number of carbonyl (C=O) groups is 1. The quantitative estimate of drug-likeness (QED) is 0.830. The van der Waals surface area contributed by atoms with E-state index in [0.29, 0.717) is 11.4 Å². The zero-order valence-electron chi connectivity index (χ0n) is 11.0. The molecule has 0 radical (unpaired) electrons. The summed E-state index contributed by atoms with van der Waals surface area (Å²) in [5.74, 6) is 0.292. The fourth-order valence-corrected chi connectivity index (χ4v) is 1.98. The number of nitrogens with one attached hydrogen (secondary N) is 1. The van der Waals surface area contributed by atoms with E-state index in [4.69, 9.17) is 11.6 Å². The number of hydrogen-bond donors (Lipinski definition) is 1. The minimum absolute atomic E-state index is 0.116. The van der Waals surface area contributed by atoms with Crippen LogP contribution < -0.4 is 5.32 Å². The lowest BCUT2D eigenvalue weighted by atomic mass is 10.1. The Bertz CT molecular complexity index is 607. The predicted octanol–water partition coefficient (Wildman–Crippen LogP) is 4.29. The third-order valence-electron chi connectivity index (χ3n) is 3.11. The van der Waals surface area contributed by atoms with Gasteiger partial charge >= 0.3 is 0 Å². The van der Waals surface area contributed by atoms with Gasteiger partial charge in [0.15, 0.2) is 0 Å². The zero-order chi connectivity index (χ0) is 13.8. The molecule has 0 bridgehead atoms. The highest BCUT2D eigenvalue weighted by atomic mass is 35.5. The fraction of sp³-hybridized carbons (Fsp3) is 0.188. The molecule has 19 heavy (non-hydrogen) atoms. The number of anilines is 1. The van der Waals surface area contributed by atoms with Crippen LogP contribution >= 0.6 is 11.6 Å². The Labute approximate surface area is 118 Å². The van der Waals surface area contributed by atoms with Crippen molar-refractivity contribution in [2.45, 2.75) is 19.7 Å². The van der Waals surface area contributed by atoms with Gasteiger partial charge in [0.2, 0.25) is 0 Å². The molecule has 2 aromatic carbocycles. The molecule has 0 spiro atoms. The van der Waals surface area contributed by atoms with Crippen LogP contribution in [0.4, 0.5) is 5.69 Å². The molecule has 3 heteroatoms. The zero-order valence-corrected chi connectivity index (χ0v) is 11.8. The highest BCUT2D eigenvalue weighted by Gasteiger charge is 2.07. The lowest BCUT2D eigenvalue weighted by molar-refractivity contribution is 0.102. The standard InChI is InChI=1S/C16H16ClNO/c1-11-6-7-15(8-12(11)2)18-16(19)14-5-3-4-13(9-14)10-17/h3-9H,10H2,1-2H3,(H,18,19). The van der Waals surface area contributed by atoms with Gasteiger partial charge in [-0.3, -0.25) is 4.79 Å². The Kier molecular flexibility index (Phi) is 4.23. The normalized spacial score (nSPS) is 10.3. The summed E-state index contributed by atoms with van der Waals surface area (Å²) >= 11 is 5.77. The van der Waals surface area contributed by atoms with Crippen LogP contribution in [0.15, 0.2) is 42.5 Å². The molecule has 0 aliphatic rings. The molecule has 2 aromatic rings. The van der Waals surface area contributed by atoms with Crippen molar-refractivity contribution in [3.8, 4) is 0 Å². The van der Waals surface area contributed by atoms with E-state index >= 15 is 0 Å². The van der Waals surface area contributed by atoms with Gasteiger partial charge in [0, 0.05) is 17.1 Å². The molecule has 0 heterocycles. The largest absolute Gasteiger partial charge is 0.322 e. The van der Waals surface area contributed by atoms with Gasteiger partial charge in [0.1, 0.15) is 0 Å². The number of hydrogen-bond acceptors (Lipinski definition) is 1. The first-order chi connectivity index (χ1) is 9.10. The molecule has 98 valence electrons. The Morgan fingerprint density at radius 3 is 2.58 bits per heavy atom. The summed E-state index contributed by atoms with van der Waals surface area (Å²) in [5, 5.41) is 2.90. The Balaban J connectivity index is 2.18. The van der Waals surface area contributed by atoms with Crippen LogP contribution in [0.5, 0.6) is 0 Å². The van der Waals surface area contributed by atoms with Gasteiger partial charge in [-0.05, 0) is 54.8 Å². The molecule has 1 amide bonds. The molecule has 2 nitrogen and oxygen atoms in total. The highest BCUT2D eigenvalue weighted by molar-refractivity contribution is 6.17. The lowest BCUT2D eigenvalue weighted by Gasteiger charge is -2.08. The second kappa shape index (κ2) is 5.89. The summed E-state index contributed by atoms with van der Waals surface area (Å²) in [5.41, 5.74) is 4.74. The maximum absolute atomic E-state index is 12.1. The van der Waals surface area contributed by atoms with E-state index in [1.165, 1.54) is 5.56 Å². The van der Waals surface area contributed by atoms with Crippen molar-refractivity contribution in [3.05, 3.63) is 64.7 Å². The van der Waals surface area contributed by atoms with Gasteiger partial charge in [0.25, 0.3) is 5.91 Å². The van der Waals surface area contributed by atoms with Crippen molar-refractivity contribution < 1.29 is 4.79 Å². The fourth-order valence-electron chi connectivity index (χ4n) is 1.82. The second-order valence-electron chi connectivity index (χ2n) is 4.59. The molecule has 0 aromatic heterocycles. The van der Waals surface area contributed by atoms with Crippen LogP contribution in [-0.4, -0.2) is 5.91 Å². The second-order valence-corrected chi connectivity index (χ2v) is 4.85. The summed E-state index contributed by atoms with van der Waals surface area (Å²) < 4.78 is 0. The molecule has 0 atom stereocenters. The average molecular weight is 274 g/mol. The molecule has 0 saturated carbocycles. The van der Waals surface area contributed by atoms with Crippen LogP contribution in [0, 0.1) is 13.8 Å². The van der Waals surface area contributed by atoms with E-state index in [9.17, 15) is 4.79 Å². The summed E-state index contributed by atoms with van der Waals surface area (Å²) in [6, 6.07) is 13.2. The van der Waals surface area contributed by atoms with E-state index in [0.717, 1.165) is 16.8 Å². The Morgan fingerprint density at radius 2 is 1.89 bits per heavy atom. The van der Waals surface area contributed by atoms with Crippen molar-refractivity contribution in [1.82, 2.24) is 0 Å². The molecule has 2 rings (SSSR count). The Hall–Kier alpha value is -1.80. The van der Waals surface area contributed by atoms with Gasteiger partial charge in [-0.15, -0.1) is 11.6 Å². The first-order valence-electron chi connectivity index (χ1n) is 6.13. The van der Waals surface area contributed by atoms with Crippen LogP contribution in [0.1, 0.15) is 27.0 Å². The van der Waals surface area contributed by atoms with E-state index in [2.05, 4.69) is 5.32 Å². The van der Waals surface area contributed by atoms with E-state index in [1.807, 2.05) is 50.2 Å². The third kappa shape index (κ3) is 3.36. The number of halogens is 1. The SMILES string of the molecule is Cc1ccc(NC(=O)c2cccc(CCl)c2)cc1C. The van der Waals surface area contributed by atoms with E-state index < -0.39 is 0 Å². The van der Waals surface area contributed by atoms with Crippen molar-refractivity contribution in [2.75, 3.05) is 5.32 Å². The number of alkyl halides is 1. The summed E-state index contributed by atoms with van der Waals surface area (Å²) in [4.78, 5) is 12.1. The molecule has 0 fully saturated rings. The molecule has 0 unspecified atom stereocenters.